The molecular weight excluding hydrogens is 482 g/mol. The van der Waals surface area contributed by atoms with Crippen LogP contribution in [0.2, 0.25) is 0 Å². The Hall–Kier alpha value is -4.17. The number of nitrogens with one attached hydrogen (secondary N) is 1. The van der Waals surface area contributed by atoms with Crippen LogP contribution in [0.3, 0.4) is 0 Å². The number of likely N-dealkylation sites (tertiary alicyclic amines) is 1. The number of anilines is 2. The summed E-state index contributed by atoms with van der Waals surface area (Å²) in [4.78, 5) is 36.0. The molecule has 0 aromatic heterocycles. The highest BCUT2D eigenvalue weighted by Crippen LogP contribution is 2.31. The van der Waals surface area contributed by atoms with Gasteiger partial charge in [-0.2, -0.15) is 0 Å². The largest absolute Gasteiger partial charge is 0.473 e. The molecule has 2 heterocycles. The van der Waals surface area contributed by atoms with E-state index >= 15 is 0 Å². The lowest BCUT2D eigenvalue weighted by Crippen LogP contribution is -2.49. The first-order chi connectivity index (χ1) is 18.4. The third kappa shape index (κ3) is 7.20. The number of para-hydroxylation sites is 2. The molecule has 0 bridgehead atoms. The first-order valence-corrected chi connectivity index (χ1v) is 12.9. The summed E-state index contributed by atoms with van der Waals surface area (Å²) in [5.41, 5.74) is 5.71. The molecular formula is C30H33N3O5. The summed E-state index contributed by atoms with van der Waals surface area (Å²) in [6.45, 7) is 4.08. The quantitative estimate of drug-likeness (QED) is 0.418. The van der Waals surface area contributed by atoms with E-state index in [1.54, 1.807) is 0 Å². The van der Waals surface area contributed by atoms with E-state index in [1.165, 1.54) is 42.6 Å². The lowest BCUT2D eigenvalue weighted by atomic mass is 10.0. The Morgan fingerprint density at radius 2 is 1.39 bits per heavy atom. The van der Waals surface area contributed by atoms with Gasteiger partial charge in [0.05, 0.1) is 17.4 Å². The first-order valence-electron chi connectivity index (χ1n) is 12.9. The van der Waals surface area contributed by atoms with Crippen molar-refractivity contribution in [3.05, 3.63) is 84.4 Å². The van der Waals surface area contributed by atoms with Crippen molar-refractivity contribution in [3.63, 3.8) is 0 Å². The number of amides is 1. The van der Waals surface area contributed by atoms with Crippen LogP contribution in [0.1, 0.15) is 24.8 Å². The van der Waals surface area contributed by atoms with Crippen LogP contribution in [0, 0.1) is 0 Å². The molecule has 0 aliphatic carbocycles. The van der Waals surface area contributed by atoms with Crippen LogP contribution in [-0.2, 0) is 20.8 Å². The van der Waals surface area contributed by atoms with Crippen LogP contribution in [0.25, 0.3) is 11.1 Å². The Morgan fingerprint density at radius 1 is 0.789 bits per heavy atom. The fraction of sp³-hybridized carbons (Fsp3) is 0.300. The smallest absolute Gasteiger partial charge is 0.414 e. The number of nitrogens with zero attached hydrogens (tertiary/aromatic N) is 2. The summed E-state index contributed by atoms with van der Waals surface area (Å²) in [6.07, 6.45) is 3.86. The second kappa shape index (κ2) is 12.9. The second-order valence-electron chi connectivity index (χ2n) is 9.54. The van der Waals surface area contributed by atoms with Gasteiger partial charge < -0.3 is 25.3 Å². The van der Waals surface area contributed by atoms with E-state index in [4.69, 9.17) is 19.8 Å². The Bertz CT molecular complexity index is 1230. The summed E-state index contributed by atoms with van der Waals surface area (Å²) >= 11 is 0. The predicted molar refractivity (Wildman–Crippen MR) is 147 cm³/mol. The van der Waals surface area contributed by atoms with Gasteiger partial charge in [0.15, 0.2) is 0 Å². The number of fused-ring (bicyclic) bond motifs is 1. The van der Waals surface area contributed by atoms with Crippen LogP contribution in [0.4, 0.5) is 11.4 Å². The van der Waals surface area contributed by atoms with Gasteiger partial charge in [-0.3, -0.25) is 4.79 Å². The average molecular weight is 516 g/mol. The van der Waals surface area contributed by atoms with E-state index in [2.05, 4.69) is 70.9 Å². The van der Waals surface area contributed by atoms with E-state index in [0.29, 0.717) is 6.42 Å². The zero-order valence-electron chi connectivity index (χ0n) is 21.3. The Balaban J connectivity index is 0.000000505. The number of carboxylic acids is 2. The maximum Gasteiger partial charge on any atom is 0.414 e. The molecule has 3 aromatic rings. The zero-order chi connectivity index (χ0) is 26.9. The molecule has 1 fully saturated rings. The van der Waals surface area contributed by atoms with E-state index in [9.17, 15) is 4.79 Å². The van der Waals surface area contributed by atoms with Crippen LogP contribution in [-0.4, -0.2) is 65.2 Å². The molecule has 8 heteroatoms. The van der Waals surface area contributed by atoms with Crippen LogP contribution in [0.15, 0.2) is 78.9 Å². The van der Waals surface area contributed by atoms with Crippen LogP contribution < -0.4 is 10.2 Å². The van der Waals surface area contributed by atoms with Crippen LogP contribution in [0.5, 0.6) is 0 Å². The van der Waals surface area contributed by atoms with Gasteiger partial charge in [-0.1, -0.05) is 66.7 Å². The number of aryl methyl sites for hydroxylation is 1. The van der Waals surface area contributed by atoms with Gasteiger partial charge in [0.2, 0.25) is 5.91 Å². The van der Waals surface area contributed by atoms with E-state index in [-0.39, 0.29) is 11.9 Å². The highest BCUT2D eigenvalue weighted by atomic mass is 16.4. The molecule has 1 saturated heterocycles. The van der Waals surface area contributed by atoms with Crippen LogP contribution >= 0.6 is 0 Å². The van der Waals surface area contributed by atoms with E-state index in [0.717, 1.165) is 30.9 Å². The minimum absolute atomic E-state index is 0.206. The molecule has 0 saturated carbocycles. The highest BCUT2D eigenvalue weighted by molar-refractivity contribution is 6.27. The van der Waals surface area contributed by atoms with Crippen molar-refractivity contribution in [1.82, 2.24) is 4.90 Å². The maximum absolute atomic E-state index is 13.3. The van der Waals surface area contributed by atoms with Gasteiger partial charge in [-0.25, -0.2) is 9.59 Å². The molecule has 0 spiro atoms. The minimum Gasteiger partial charge on any atom is -0.473 e. The number of rotatable bonds is 6. The van der Waals surface area contributed by atoms with Crippen molar-refractivity contribution in [2.45, 2.75) is 31.7 Å². The molecule has 3 aromatic carbocycles. The Labute approximate surface area is 222 Å². The van der Waals surface area contributed by atoms with E-state index < -0.39 is 11.9 Å². The Morgan fingerprint density at radius 3 is 2.05 bits per heavy atom. The second-order valence-corrected chi connectivity index (χ2v) is 9.54. The number of carbonyl (C=O) groups excluding carboxylic acids is 1. The molecule has 1 amide bonds. The normalized spacial score (nSPS) is 16.5. The van der Waals surface area contributed by atoms with Crippen molar-refractivity contribution >= 4 is 29.2 Å². The monoisotopic (exact) mass is 515 g/mol. The third-order valence-corrected chi connectivity index (χ3v) is 6.81. The lowest BCUT2D eigenvalue weighted by Gasteiger charge is -2.37. The standard InChI is InChI=1S/C28H31N3O.C2H2O4/c32-28(17-14-22-12-15-24(16-13-22)23-8-2-1-3-9-23)31-21-25(20-30-18-6-7-19-30)29-26-10-4-5-11-27(26)31;3-1(4)2(5)6/h1-5,8-13,15-16,25,29H,6-7,14,17-21H2;(H,3,4)(H,5,6). The van der Waals surface area contributed by atoms with E-state index in [1.807, 2.05) is 23.1 Å². The minimum atomic E-state index is -1.82. The van der Waals surface area contributed by atoms with Crippen molar-refractivity contribution in [1.29, 1.82) is 0 Å². The molecule has 5 rings (SSSR count). The number of carbonyl (C=O) groups is 3. The topological polar surface area (TPSA) is 110 Å². The summed E-state index contributed by atoms with van der Waals surface area (Å²) in [7, 11) is 0. The molecule has 1 atom stereocenters. The highest BCUT2D eigenvalue weighted by Gasteiger charge is 2.29. The van der Waals surface area contributed by atoms with Crippen molar-refractivity contribution < 1.29 is 24.6 Å². The van der Waals surface area contributed by atoms with Gasteiger partial charge in [0.1, 0.15) is 0 Å². The molecule has 2 aliphatic rings. The zero-order valence-corrected chi connectivity index (χ0v) is 21.3. The molecule has 3 N–H and O–H groups in total. The molecule has 0 radical (unpaired) electrons. The molecule has 198 valence electrons. The van der Waals surface area contributed by atoms with Gasteiger partial charge in [-0.05, 0) is 61.2 Å². The average Bonchev–Trinajstić information content (AvgIpc) is 3.45. The molecule has 38 heavy (non-hydrogen) atoms. The molecule has 2 aliphatic heterocycles. The summed E-state index contributed by atoms with van der Waals surface area (Å²) < 4.78 is 0. The number of aliphatic carboxylic acids is 2. The molecule has 1 unspecified atom stereocenters. The van der Waals surface area contributed by atoms with Gasteiger partial charge >= 0.3 is 11.9 Å². The maximum atomic E-state index is 13.3. The number of carboxylic acid groups (broad SMARTS) is 2. The fourth-order valence-corrected chi connectivity index (χ4v) is 4.91. The number of benzene rings is 3. The summed E-state index contributed by atoms with van der Waals surface area (Å²) in [5, 5.41) is 18.5. The van der Waals surface area contributed by atoms with Gasteiger partial charge in [-0.15, -0.1) is 0 Å². The third-order valence-electron chi connectivity index (χ3n) is 6.81. The summed E-state index contributed by atoms with van der Waals surface area (Å²) in [6, 6.07) is 27.5. The lowest BCUT2D eigenvalue weighted by molar-refractivity contribution is -0.159. The van der Waals surface area contributed by atoms with Crippen molar-refractivity contribution in [2.75, 3.05) is 36.4 Å². The molecule has 8 nitrogen and oxygen atoms in total. The summed E-state index contributed by atoms with van der Waals surface area (Å²) in [5.74, 6) is -3.44. The number of hydrogen-bond acceptors (Lipinski definition) is 5. The van der Waals surface area contributed by atoms with Gasteiger partial charge in [0, 0.05) is 19.5 Å². The Kier molecular flexibility index (Phi) is 9.11. The number of hydrogen-bond donors (Lipinski definition) is 3. The van der Waals surface area contributed by atoms with Crippen molar-refractivity contribution in [2.24, 2.45) is 0 Å². The van der Waals surface area contributed by atoms with Gasteiger partial charge in [0.25, 0.3) is 0 Å². The predicted octanol–water partition coefficient (Wildman–Crippen LogP) is 4.36. The first kappa shape index (κ1) is 26.9. The SMILES string of the molecule is O=C(CCc1ccc(-c2ccccc2)cc1)N1CC(CN2CCCC2)Nc2ccccc21.O=C(O)C(=O)O. The fourth-order valence-electron chi connectivity index (χ4n) is 4.91. The van der Waals surface area contributed by atoms with Crippen molar-refractivity contribution in [3.8, 4) is 11.1 Å².